The fourth-order valence-corrected chi connectivity index (χ4v) is 3.44. The first-order valence-corrected chi connectivity index (χ1v) is 7.42. The number of aromatic nitrogens is 1. The number of hydrogen-bond acceptors (Lipinski definition) is 4. The molecule has 0 aliphatic carbocycles. The predicted molar refractivity (Wildman–Crippen MR) is 86.9 cm³/mol. The molecule has 0 saturated carbocycles. The molecule has 6 heteroatoms. The fraction of sp³-hybridized carbons (Fsp3) is 0.176. The number of nitrogens with zero attached hydrogens (tertiary/aromatic N) is 1. The maximum Gasteiger partial charge on any atom is 0.339 e. The Balaban J connectivity index is 2.24. The second-order valence-corrected chi connectivity index (χ2v) is 6.58. The Kier molecular flexibility index (Phi) is 2.61. The van der Waals surface area contributed by atoms with Crippen LogP contribution in [0.3, 0.4) is 0 Å². The largest absolute Gasteiger partial charge is 0.507 e. The Labute approximate surface area is 135 Å². The fourth-order valence-electron chi connectivity index (χ4n) is 3.27. The van der Waals surface area contributed by atoms with Gasteiger partial charge in [0.15, 0.2) is 0 Å². The zero-order valence-electron chi connectivity index (χ0n) is 12.4. The Morgan fingerprint density at radius 2 is 1.91 bits per heavy atom. The lowest BCUT2D eigenvalue weighted by molar-refractivity contribution is 0.466. The van der Waals surface area contributed by atoms with Gasteiger partial charge in [-0.1, -0.05) is 25.4 Å². The molecule has 1 aliphatic heterocycles. The molecule has 0 fully saturated rings. The molecule has 3 heterocycles. The first-order chi connectivity index (χ1) is 10.8. The summed E-state index contributed by atoms with van der Waals surface area (Å²) in [6.45, 7) is 3.93. The lowest BCUT2D eigenvalue weighted by atomic mass is 9.83. The van der Waals surface area contributed by atoms with Crippen molar-refractivity contribution in [2.75, 3.05) is 0 Å². The third kappa shape index (κ3) is 1.74. The zero-order chi connectivity index (χ0) is 16.5. The van der Waals surface area contributed by atoms with Gasteiger partial charge in [-0.3, -0.25) is 9.36 Å². The minimum Gasteiger partial charge on any atom is -0.507 e. The summed E-state index contributed by atoms with van der Waals surface area (Å²) < 4.78 is 6.64. The summed E-state index contributed by atoms with van der Waals surface area (Å²) in [5.74, 6) is -0.378. The predicted octanol–water partition coefficient (Wildman–Crippen LogP) is 2.94. The summed E-state index contributed by atoms with van der Waals surface area (Å²) in [6.07, 6.45) is 0. The summed E-state index contributed by atoms with van der Waals surface area (Å²) in [5, 5.41) is 10.6. The molecule has 0 bridgehead atoms. The van der Waals surface area contributed by atoms with Crippen molar-refractivity contribution >= 4 is 22.6 Å². The van der Waals surface area contributed by atoms with Crippen LogP contribution >= 0.6 is 11.6 Å². The van der Waals surface area contributed by atoms with E-state index in [4.69, 9.17) is 16.0 Å². The van der Waals surface area contributed by atoms with E-state index in [-0.39, 0.29) is 16.7 Å². The highest BCUT2D eigenvalue weighted by atomic mass is 35.5. The van der Waals surface area contributed by atoms with Gasteiger partial charge in [0, 0.05) is 22.2 Å². The van der Waals surface area contributed by atoms with Crippen molar-refractivity contribution in [2.24, 2.45) is 0 Å². The first kappa shape index (κ1) is 14.1. The summed E-state index contributed by atoms with van der Waals surface area (Å²) in [4.78, 5) is 24.4. The van der Waals surface area contributed by atoms with Crippen molar-refractivity contribution in [1.82, 2.24) is 4.57 Å². The topological polar surface area (TPSA) is 72.4 Å². The van der Waals surface area contributed by atoms with Crippen LogP contribution in [0.15, 0.2) is 44.3 Å². The second-order valence-electron chi connectivity index (χ2n) is 6.15. The molecule has 5 nitrogen and oxygen atoms in total. The van der Waals surface area contributed by atoms with Crippen LogP contribution in [0.4, 0.5) is 0 Å². The van der Waals surface area contributed by atoms with E-state index in [0.717, 1.165) is 11.6 Å². The van der Waals surface area contributed by atoms with Gasteiger partial charge in [-0.15, -0.1) is 0 Å². The van der Waals surface area contributed by atoms with Crippen LogP contribution in [0.2, 0.25) is 5.02 Å². The highest BCUT2D eigenvalue weighted by Crippen LogP contribution is 2.43. The standard InChI is InChI=1S/C17H12ClNO4/c1-17(2)9-5-8(18)3-4-10(9)19-13(17)7-12-15(16(19)22)11(20)6-14(21)23-12/h3-7,20H,1-2H3. The molecule has 2 aromatic heterocycles. The second kappa shape index (κ2) is 4.26. The van der Waals surface area contributed by atoms with Gasteiger partial charge in [0.2, 0.25) is 0 Å². The molecule has 0 spiro atoms. The van der Waals surface area contributed by atoms with Crippen molar-refractivity contribution in [3.63, 3.8) is 0 Å². The third-order valence-electron chi connectivity index (χ3n) is 4.41. The molecule has 0 atom stereocenters. The van der Waals surface area contributed by atoms with Crippen LogP contribution in [0.1, 0.15) is 25.1 Å². The lowest BCUT2D eigenvalue weighted by Crippen LogP contribution is -2.23. The van der Waals surface area contributed by atoms with Crippen molar-refractivity contribution in [1.29, 1.82) is 0 Å². The minimum atomic E-state index is -0.698. The molecule has 1 aromatic carbocycles. The van der Waals surface area contributed by atoms with Gasteiger partial charge in [0.25, 0.3) is 5.56 Å². The van der Waals surface area contributed by atoms with E-state index in [2.05, 4.69) is 0 Å². The summed E-state index contributed by atoms with van der Waals surface area (Å²) in [5.41, 5.74) is 0.770. The Bertz CT molecular complexity index is 1110. The SMILES string of the molecule is CC1(C)c2cc(Cl)ccc2-n2c1cc1oc(=O)cc(O)c1c2=O. The monoisotopic (exact) mass is 329 g/mol. The van der Waals surface area contributed by atoms with Crippen LogP contribution < -0.4 is 11.2 Å². The average molecular weight is 330 g/mol. The lowest BCUT2D eigenvalue weighted by Gasteiger charge is -2.20. The highest BCUT2D eigenvalue weighted by Gasteiger charge is 2.37. The molecule has 1 N–H and O–H groups in total. The first-order valence-electron chi connectivity index (χ1n) is 7.04. The molecule has 0 radical (unpaired) electrons. The molecule has 23 heavy (non-hydrogen) atoms. The van der Waals surface area contributed by atoms with Crippen LogP contribution in [0.25, 0.3) is 16.7 Å². The van der Waals surface area contributed by atoms with Crippen molar-refractivity contribution in [3.05, 3.63) is 67.4 Å². The molecule has 1 aliphatic rings. The van der Waals surface area contributed by atoms with Gasteiger partial charge < -0.3 is 9.52 Å². The van der Waals surface area contributed by atoms with Gasteiger partial charge in [0.05, 0.1) is 11.8 Å². The Hall–Kier alpha value is -2.53. The number of halogens is 1. The van der Waals surface area contributed by atoms with Crippen molar-refractivity contribution < 1.29 is 9.52 Å². The van der Waals surface area contributed by atoms with E-state index < -0.39 is 16.6 Å². The van der Waals surface area contributed by atoms with E-state index in [9.17, 15) is 14.7 Å². The molecule has 4 rings (SSSR count). The van der Waals surface area contributed by atoms with Gasteiger partial charge in [-0.2, -0.15) is 0 Å². The number of fused-ring (bicyclic) bond motifs is 4. The Morgan fingerprint density at radius 1 is 1.17 bits per heavy atom. The summed E-state index contributed by atoms with van der Waals surface area (Å²) >= 11 is 6.10. The van der Waals surface area contributed by atoms with Gasteiger partial charge >= 0.3 is 5.63 Å². The maximum absolute atomic E-state index is 12.9. The average Bonchev–Trinajstić information content (AvgIpc) is 2.67. The third-order valence-corrected chi connectivity index (χ3v) is 4.64. The van der Waals surface area contributed by atoms with Crippen LogP contribution in [0.5, 0.6) is 5.75 Å². The minimum absolute atomic E-state index is 0.00745. The van der Waals surface area contributed by atoms with E-state index in [1.54, 1.807) is 18.2 Å². The van der Waals surface area contributed by atoms with E-state index in [1.165, 1.54) is 4.57 Å². The molecule has 3 aromatic rings. The van der Waals surface area contributed by atoms with Crippen molar-refractivity contribution in [3.8, 4) is 11.4 Å². The van der Waals surface area contributed by atoms with Gasteiger partial charge in [-0.05, 0) is 23.8 Å². The van der Waals surface area contributed by atoms with E-state index >= 15 is 0 Å². The van der Waals surface area contributed by atoms with Crippen LogP contribution in [0, 0.1) is 0 Å². The van der Waals surface area contributed by atoms with Crippen LogP contribution in [-0.2, 0) is 5.41 Å². The van der Waals surface area contributed by atoms with Crippen LogP contribution in [-0.4, -0.2) is 9.67 Å². The number of pyridine rings is 1. The molecule has 0 saturated heterocycles. The number of benzene rings is 1. The zero-order valence-corrected chi connectivity index (χ0v) is 13.1. The van der Waals surface area contributed by atoms with Gasteiger partial charge in [-0.25, -0.2) is 4.79 Å². The quantitative estimate of drug-likeness (QED) is 0.688. The van der Waals surface area contributed by atoms with E-state index in [0.29, 0.717) is 16.4 Å². The van der Waals surface area contributed by atoms with Crippen molar-refractivity contribution in [2.45, 2.75) is 19.3 Å². The maximum atomic E-state index is 12.9. The smallest absolute Gasteiger partial charge is 0.339 e. The van der Waals surface area contributed by atoms with E-state index in [1.807, 2.05) is 19.9 Å². The molecule has 116 valence electrons. The Morgan fingerprint density at radius 3 is 2.65 bits per heavy atom. The molecule has 0 amide bonds. The van der Waals surface area contributed by atoms with Gasteiger partial charge in [0.1, 0.15) is 16.7 Å². The normalized spacial score (nSPS) is 14.7. The molecular weight excluding hydrogens is 318 g/mol. The number of rotatable bonds is 0. The summed E-state index contributed by atoms with van der Waals surface area (Å²) in [7, 11) is 0. The molecule has 0 unspecified atom stereocenters. The number of hydrogen-bond donors (Lipinski definition) is 1. The highest BCUT2D eigenvalue weighted by molar-refractivity contribution is 6.30. The molecular formula is C17H12ClNO4. The number of aromatic hydroxyl groups is 1. The summed E-state index contributed by atoms with van der Waals surface area (Å²) in [6, 6.07) is 7.85.